The summed E-state index contributed by atoms with van der Waals surface area (Å²) in [6, 6.07) is 2.54. The van der Waals surface area contributed by atoms with Crippen LogP contribution in [0.5, 0.6) is 0 Å². The van der Waals surface area contributed by atoms with Gasteiger partial charge < -0.3 is 13.0 Å². The molecule has 0 spiro atoms. The largest absolute Gasteiger partial charge is 0.456 e. The highest BCUT2D eigenvalue weighted by Gasteiger charge is 2.28. The Balaban J connectivity index is 3.47. The van der Waals surface area contributed by atoms with Crippen molar-refractivity contribution in [1.82, 2.24) is 0 Å². The maximum absolute atomic E-state index is 6.31. The molecule has 0 fully saturated rings. The fourth-order valence-corrected chi connectivity index (χ4v) is 14.1. The molecule has 0 radical (unpaired) electrons. The van der Waals surface area contributed by atoms with E-state index in [-0.39, 0.29) is 19.5 Å². The standard InChI is InChI=1S/C11H32O3Si4/c1-15-12-8-7-9-13-16-10-11-18(5,6)14-17(2,3)4/h7-11,15-16H2,1-6H3. The summed E-state index contributed by atoms with van der Waals surface area (Å²) in [5.41, 5.74) is 0. The molecule has 0 saturated heterocycles. The molecule has 0 aliphatic rings. The summed E-state index contributed by atoms with van der Waals surface area (Å²) in [6.07, 6.45) is 1.07. The fourth-order valence-electron chi connectivity index (χ4n) is 1.99. The van der Waals surface area contributed by atoms with E-state index in [1.165, 1.54) is 12.1 Å². The first-order valence-corrected chi connectivity index (χ1v) is 17.2. The average Bonchev–Trinajstić information content (AvgIpc) is 2.18. The molecule has 0 N–H and O–H groups in total. The van der Waals surface area contributed by atoms with Gasteiger partial charge in [-0.1, -0.05) is 6.55 Å². The Labute approximate surface area is 120 Å². The zero-order valence-electron chi connectivity index (χ0n) is 13.2. The van der Waals surface area contributed by atoms with Crippen LogP contribution in [-0.2, 0) is 13.0 Å². The van der Waals surface area contributed by atoms with E-state index in [0.717, 1.165) is 19.6 Å². The molecule has 110 valence electrons. The lowest BCUT2D eigenvalue weighted by Crippen LogP contribution is -2.42. The van der Waals surface area contributed by atoms with Crippen LogP contribution < -0.4 is 0 Å². The van der Waals surface area contributed by atoms with Gasteiger partial charge in [-0.3, -0.25) is 0 Å². The van der Waals surface area contributed by atoms with Gasteiger partial charge in [0.15, 0.2) is 36.2 Å². The van der Waals surface area contributed by atoms with Crippen LogP contribution in [0.3, 0.4) is 0 Å². The SMILES string of the molecule is C[SiH2]OCCCO[SiH2]CC[Si](C)(C)O[Si](C)(C)C. The van der Waals surface area contributed by atoms with Crippen LogP contribution in [-0.4, -0.2) is 49.4 Å². The summed E-state index contributed by atoms with van der Waals surface area (Å²) in [6.45, 7) is 15.5. The van der Waals surface area contributed by atoms with Gasteiger partial charge in [0.1, 0.15) is 0 Å². The average molecular weight is 325 g/mol. The highest BCUT2D eigenvalue weighted by molar-refractivity contribution is 6.84. The summed E-state index contributed by atoms with van der Waals surface area (Å²) in [5.74, 6) is 0. The van der Waals surface area contributed by atoms with Crippen LogP contribution in [0, 0.1) is 0 Å². The molecule has 18 heavy (non-hydrogen) atoms. The quantitative estimate of drug-likeness (QED) is 0.430. The lowest BCUT2D eigenvalue weighted by atomic mass is 10.5. The summed E-state index contributed by atoms with van der Waals surface area (Å²) >= 11 is 0. The molecule has 0 heterocycles. The molecule has 0 bridgehead atoms. The van der Waals surface area contributed by atoms with Crippen molar-refractivity contribution < 1.29 is 13.0 Å². The maximum Gasteiger partial charge on any atom is 0.173 e. The lowest BCUT2D eigenvalue weighted by molar-refractivity contribution is 0.262. The van der Waals surface area contributed by atoms with Crippen LogP contribution >= 0.6 is 0 Å². The van der Waals surface area contributed by atoms with Gasteiger partial charge in [-0.05, 0) is 51.2 Å². The van der Waals surface area contributed by atoms with Crippen LogP contribution in [0.25, 0.3) is 0 Å². The molecule has 0 aromatic rings. The normalized spacial score (nSPS) is 14.3. The topological polar surface area (TPSA) is 27.7 Å². The molecule has 0 aliphatic carbocycles. The second-order valence-corrected chi connectivity index (χ2v) is 17.8. The van der Waals surface area contributed by atoms with E-state index in [1.807, 2.05) is 0 Å². The van der Waals surface area contributed by atoms with Crippen molar-refractivity contribution in [3.63, 3.8) is 0 Å². The van der Waals surface area contributed by atoms with E-state index in [1.54, 1.807) is 0 Å². The van der Waals surface area contributed by atoms with Gasteiger partial charge in [-0.2, -0.15) is 0 Å². The van der Waals surface area contributed by atoms with E-state index in [4.69, 9.17) is 13.0 Å². The molecule has 0 aromatic heterocycles. The minimum Gasteiger partial charge on any atom is -0.456 e. The van der Waals surface area contributed by atoms with E-state index in [0.29, 0.717) is 0 Å². The van der Waals surface area contributed by atoms with Gasteiger partial charge in [0.25, 0.3) is 0 Å². The Morgan fingerprint density at radius 2 is 1.56 bits per heavy atom. The molecule has 0 atom stereocenters. The smallest absolute Gasteiger partial charge is 0.173 e. The first kappa shape index (κ1) is 18.7. The first-order chi connectivity index (χ1) is 8.27. The van der Waals surface area contributed by atoms with Crippen molar-refractivity contribution in [1.29, 1.82) is 0 Å². The Morgan fingerprint density at radius 3 is 2.11 bits per heavy atom. The van der Waals surface area contributed by atoms with Crippen molar-refractivity contribution >= 4 is 36.2 Å². The van der Waals surface area contributed by atoms with Crippen LogP contribution in [0.1, 0.15) is 6.42 Å². The summed E-state index contributed by atoms with van der Waals surface area (Å²) in [4.78, 5) is 0. The lowest BCUT2D eigenvalue weighted by Gasteiger charge is -2.31. The summed E-state index contributed by atoms with van der Waals surface area (Å²) < 4.78 is 17.5. The van der Waals surface area contributed by atoms with Crippen molar-refractivity contribution in [2.24, 2.45) is 0 Å². The van der Waals surface area contributed by atoms with Gasteiger partial charge >= 0.3 is 0 Å². The van der Waals surface area contributed by atoms with E-state index in [2.05, 4.69) is 39.3 Å². The predicted molar refractivity (Wildman–Crippen MR) is 91.0 cm³/mol. The zero-order chi connectivity index (χ0) is 14.1. The van der Waals surface area contributed by atoms with E-state index < -0.39 is 16.6 Å². The molecule has 0 unspecified atom stereocenters. The third-order valence-corrected chi connectivity index (χ3v) is 11.3. The molecule has 0 amide bonds. The molecular weight excluding hydrogens is 292 g/mol. The number of hydrogen-bond acceptors (Lipinski definition) is 3. The molecule has 0 aliphatic heterocycles. The number of hydrogen-bond donors (Lipinski definition) is 0. The van der Waals surface area contributed by atoms with Crippen molar-refractivity contribution in [3.8, 4) is 0 Å². The van der Waals surface area contributed by atoms with E-state index >= 15 is 0 Å². The Kier molecular flexibility index (Phi) is 10.0. The van der Waals surface area contributed by atoms with Crippen LogP contribution in [0.4, 0.5) is 0 Å². The highest BCUT2D eigenvalue weighted by atomic mass is 28.4. The Morgan fingerprint density at radius 1 is 0.944 bits per heavy atom. The second-order valence-electron chi connectivity index (χ2n) is 6.24. The van der Waals surface area contributed by atoms with Gasteiger partial charge in [-0.15, -0.1) is 0 Å². The van der Waals surface area contributed by atoms with Crippen molar-refractivity contribution in [2.75, 3.05) is 13.2 Å². The zero-order valence-corrected chi connectivity index (χ0v) is 18.0. The summed E-state index contributed by atoms with van der Waals surface area (Å²) in [7, 11) is -3.33. The molecule has 3 nitrogen and oxygen atoms in total. The highest BCUT2D eigenvalue weighted by Crippen LogP contribution is 2.19. The summed E-state index contributed by atoms with van der Waals surface area (Å²) in [5, 5.41) is 0. The fraction of sp³-hybridized carbons (Fsp3) is 1.00. The van der Waals surface area contributed by atoms with E-state index in [9.17, 15) is 0 Å². The minimum absolute atomic E-state index is 0.217. The number of rotatable bonds is 11. The van der Waals surface area contributed by atoms with Gasteiger partial charge in [0.2, 0.25) is 0 Å². The minimum atomic E-state index is -1.42. The maximum atomic E-state index is 6.31. The van der Waals surface area contributed by atoms with Crippen LogP contribution in [0.15, 0.2) is 0 Å². The van der Waals surface area contributed by atoms with Crippen LogP contribution in [0.2, 0.25) is 51.4 Å². The molecule has 0 rings (SSSR count). The molecule has 0 saturated carbocycles. The third kappa shape index (κ3) is 13.2. The van der Waals surface area contributed by atoms with Crippen molar-refractivity contribution in [2.45, 2.75) is 57.8 Å². The Bertz CT molecular complexity index is 207. The predicted octanol–water partition coefficient (Wildman–Crippen LogP) is 2.10. The van der Waals surface area contributed by atoms with Gasteiger partial charge in [-0.25, -0.2) is 0 Å². The van der Waals surface area contributed by atoms with Crippen molar-refractivity contribution in [3.05, 3.63) is 0 Å². The third-order valence-electron chi connectivity index (χ3n) is 2.43. The molecule has 7 heteroatoms. The van der Waals surface area contributed by atoms with Gasteiger partial charge in [0, 0.05) is 13.2 Å². The molecule has 0 aromatic carbocycles. The monoisotopic (exact) mass is 324 g/mol. The molecular formula is C11H32O3Si4. The Hall–Kier alpha value is 0.748. The first-order valence-electron chi connectivity index (χ1n) is 7.12. The van der Waals surface area contributed by atoms with Gasteiger partial charge in [0.05, 0.1) is 0 Å². The second kappa shape index (κ2) is 9.62.